The normalized spacial score (nSPS) is 10.4. The average Bonchev–Trinajstić information content (AvgIpc) is 2.64. The molecule has 0 fully saturated rings. The van der Waals surface area contributed by atoms with Crippen molar-refractivity contribution in [1.82, 2.24) is 15.2 Å². The van der Waals surface area contributed by atoms with Crippen LogP contribution in [0.1, 0.15) is 36.5 Å². The van der Waals surface area contributed by atoms with Gasteiger partial charge in [0.2, 0.25) is 5.95 Å². The summed E-state index contributed by atoms with van der Waals surface area (Å²) >= 11 is 0. The molecule has 0 unspecified atom stereocenters. The number of anilines is 4. The van der Waals surface area contributed by atoms with Gasteiger partial charge in [-0.2, -0.15) is 15.3 Å². The van der Waals surface area contributed by atoms with Crippen LogP contribution in [0.3, 0.4) is 0 Å². The summed E-state index contributed by atoms with van der Waals surface area (Å²) in [6.45, 7) is 6.39. The summed E-state index contributed by atoms with van der Waals surface area (Å²) in [4.78, 5) is 4.49. The number of nitrogens with zero attached hydrogens (tertiary/aromatic N) is 4. The van der Waals surface area contributed by atoms with Gasteiger partial charge in [0.1, 0.15) is 0 Å². The van der Waals surface area contributed by atoms with E-state index in [9.17, 15) is 0 Å². The minimum absolute atomic E-state index is 0.388. The first-order valence-electron chi connectivity index (χ1n) is 8.40. The number of para-hydroxylation sites is 1. The van der Waals surface area contributed by atoms with Gasteiger partial charge >= 0.3 is 0 Å². The van der Waals surface area contributed by atoms with Gasteiger partial charge in [-0.3, -0.25) is 0 Å². The van der Waals surface area contributed by atoms with Gasteiger partial charge in [0, 0.05) is 11.4 Å². The number of aryl methyl sites for hydroxylation is 1. The van der Waals surface area contributed by atoms with E-state index in [2.05, 4.69) is 70.9 Å². The Morgan fingerprint density at radius 3 is 2.50 bits per heavy atom. The van der Waals surface area contributed by atoms with Crippen molar-refractivity contribution < 1.29 is 0 Å². The van der Waals surface area contributed by atoms with Crippen LogP contribution in [0.15, 0.2) is 48.7 Å². The monoisotopic (exact) mass is 344 g/mol. The molecule has 0 aliphatic carbocycles. The highest BCUT2D eigenvalue weighted by atomic mass is 15.3. The summed E-state index contributed by atoms with van der Waals surface area (Å²) in [5.41, 5.74) is 4.82. The Morgan fingerprint density at radius 2 is 1.81 bits per heavy atom. The maximum absolute atomic E-state index is 8.87. The molecule has 2 aromatic carbocycles. The van der Waals surface area contributed by atoms with E-state index in [-0.39, 0.29) is 0 Å². The third-order valence-corrected chi connectivity index (χ3v) is 4.01. The van der Waals surface area contributed by atoms with Gasteiger partial charge in [0.15, 0.2) is 5.82 Å². The number of hydrogen-bond acceptors (Lipinski definition) is 6. The predicted molar refractivity (Wildman–Crippen MR) is 103 cm³/mol. The lowest BCUT2D eigenvalue weighted by Crippen LogP contribution is -2.05. The molecule has 6 heteroatoms. The third-order valence-electron chi connectivity index (χ3n) is 4.01. The van der Waals surface area contributed by atoms with Gasteiger partial charge in [-0.15, -0.1) is 5.10 Å². The smallest absolute Gasteiger partial charge is 0.249 e. The lowest BCUT2D eigenvalue weighted by atomic mass is 9.98. The number of hydrogen-bond donors (Lipinski definition) is 2. The van der Waals surface area contributed by atoms with Gasteiger partial charge in [0.25, 0.3) is 0 Å². The first-order chi connectivity index (χ1) is 12.6. The summed E-state index contributed by atoms with van der Waals surface area (Å²) in [5.74, 6) is 1.40. The van der Waals surface area contributed by atoms with E-state index in [0.717, 1.165) is 16.9 Å². The molecule has 0 saturated heterocycles. The van der Waals surface area contributed by atoms with Crippen molar-refractivity contribution in [3.05, 3.63) is 65.4 Å². The topological polar surface area (TPSA) is 86.5 Å². The number of nitriles is 1. The van der Waals surface area contributed by atoms with Crippen LogP contribution in [-0.2, 0) is 0 Å². The lowest BCUT2D eigenvalue weighted by molar-refractivity contribution is 0.866. The summed E-state index contributed by atoms with van der Waals surface area (Å²) in [5, 5.41) is 23.4. The molecular formula is C20H20N6. The summed E-state index contributed by atoms with van der Waals surface area (Å²) < 4.78 is 0. The van der Waals surface area contributed by atoms with Crippen LogP contribution >= 0.6 is 0 Å². The molecule has 3 aromatic rings. The Morgan fingerprint density at radius 1 is 1.04 bits per heavy atom. The molecule has 0 bridgehead atoms. The highest BCUT2D eigenvalue weighted by Crippen LogP contribution is 2.29. The Kier molecular flexibility index (Phi) is 5.09. The minimum atomic E-state index is 0.388. The van der Waals surface area contributed by atoms with Gasteiger partial charge in [-0.05, 0) is 48.2 Å². The quantitative estimate of drug-likeness (QED) is 0.700. The van der Waals surface area contributed by atoms with Crippen molar-refractivity contribution in [2.24, 2.45) is 0 Å². The molecule has 0 amide bonds. The number of rotatable bonds is 5. The lowest BCUT2D eigenvalue weighted by Gasteiger charge is -2.16. The van der Waals surface area contributed by atoms with E-state index >= 15 is 0 Å². The second kappa shape index (κ2) is 7.62. The largest absolute Gasteiger partial charge is 0.338 e. The van der Waals surface area contributed by atoms with E-state index < -0.39 is 0 Å². The van der Waals surface area contributed by atoms with Crippen molar-refractivity contribution >= 4 is 23.1 Å². The van der Waals surface area contributed by atoms with Crippen LogP contribution in [0.5, 0.6) is 0 Å². The van der Waals surface area contributed by atoms with Crippen molar-refractivity contribution in [2.75, 3.05) is 10.6 Å². The van der Waals surface area contributed by atoms with Crippen molar-refractivity contribution in [2.45, 2.75) is 26.7 Å². The molecule has 3 rings (SSSR count). The summed E-state index contributed by atoms with van der Waals surface area (Å²) in [6, 6.07) is 15.4. The van der Waals surface area contributed by atoms with Crippen molar-refractivity contribution in [3.63, 3.8) is 0 Å². The SMILES string of the molecule is Cc1cccc(C(C)C)c1Nc1cnnc(Nc2ccc(C#N)cc2)n1. The van der Waals surface area contributed by atoms with E-state index in [0.29, 0.717) is 23.2 Å². The zero-order valence-corrected chi connectivity index (χ0v) is 15.0. The van der Waals surface area contributed by atoms with Crippen LogP contribution in [0.4, 0.5) is 23.1 Å². The molecule has 0 atom stereocenters. The maximum atomic E-state index is 8.87. The van der Waals surface area contributed by atoms with Gasteiger partial charge < -0.3 is 10.6 Å². The molecule has 1 aromatic heterocycles. The van der Waals surface area contributed by atoms with Crippen LogP contribution < -0.4 is 10.6 Å². The fraction of sp³-hybridized carbons (Fsp3) is 0.200. The standard InChI is InChI=1S/C20H20N6/c1-13(2)17-6-4-5-14(3)19(17)24-18-12-22-26-20(25-18)23-16-9-7-15(11-21)8-10-16/h4-10,12-13H,1-3H3,(H2,23,24,25,26). The number of benzene rings is 2. The van der Waals surface area contributed by atoms with Crippen molar-refractivity contribution in [3.8, 4) is 6.07 Å². The minimum Gasteiger partial charge on any atom is -0.338 e. The molecule has 0 radical (unpaired) electrons. The van der Waals surface area contributed by atoms with Gasteiger partial charge in [-0.1, -0.05) is 32.0 Å². The Labute approximate surface area is 152 Å². The fourth-order valence-electron chi connectivity index (χ4n) is 2.64. The molecule has 1 heterocycles. The second-order valence-electron chi connectivity index (χ2n) is 6.30. The summed E-state index contributed by atoms with van der Waals surface area (Å²) in [6.07, 6.45) is 1.60. The molecule has 0 aliphatic heterocycles. The van der Waals surface area contributed by atoms with Crippen LogP contribution in [-0.4, -0.2) is 15.2 Å². The molecule has 2 N–H and O–H groups in total. The first kappa shape index (κ1) is 17.4. The van der Waals surface area contributed by atoms with E-state index in [1.165, 1.54) is 5.56 Å². The van der Waals surface area contributed by atoms with E-state index in [1.54, 1.807) is 30.5 Å². The molecule has 26 heavy (non-hydrogen) atoms. The predicted octanol–water partition coefficient (Wildman–Crippen LogP) is 4.66. The third kappa shape index (κ3) is 3.95. The number of nitrogens with one attached hydrogen (secondary N) is 2. The van der Waals surface area contributed by atoms with Crippen LogP contribution in [0, 0.1) is 18.3 Å². The zero-order chi connectivity index (χ0) is 18.5. The highest BCUT2D eigenvalue weighted by Gasteiger charge is 2.10. The second-order valence-corrected chi connectivity index (χ2v) is 6.30. The molecule has 130 valence electrons. The van der Waals surface area contributed by atoms with Crippen LogP contribution in [0.25, 0.3) is 0 Å². The Hall–Kier alpha value is -3.46. The van der Waals surface area contributed by atoms with Crippen LogP contribution in [0.2, 0.25) is 0 Å². The van der Waals surface area contributed by atoms with Crippen molar-refractivity contribution in [1.29, 1.82) is 5.26 Å². The molecule has 6 nitrogen and oxygen atoms in total. The highest BCUT2D eigenvalue weighted by molar-refractivity contribution is 5.66. The van der Waals surface area contributed by atoms with Gasteiger partial charge in [0.05, 0.1) is 17.8 Å². The molecule has 0 saturated carbocycles. The Bertz CT molecular complexity index is 941. The van der Waals surface area contributed by atoms with E-state index in [1.807, 2.05) is 0 Å². The Balaban J connectivity index is 1.83. The first-order valence-corrected chi connectivity index (χ1v) is 8.40. The molecular weight excluding hydrogens is 324 g/mol. The molecule has 0 spiro atoms. The van der Waals surface area contributed by atoms with Gasteiger partial charge in [-0.25, -0.2) is 0 Å². The summed E-state index contributed by atoms with van der Waals surface area (Å²) in [7, 11) is 0. The van der Waals surface area contributed by atoms with E-state index in [4.69, 9.17) is 5.26 Å². The fourth-order valence-corrected chi connectivity index (χ4v) is 2.64. The zero-order valence-electron chi connectivity index (χ0n) is 15.0. The maximum Gasteiger partial charge on any atom is 0.249 e. The molecule has 0 aliphatic rings. The number of aromatic nitrogens is 3. The average molecular weight is 344 g/mol.